The molecule has 1 fully saturated rings. The molecule has 0 aliphatic carbocycles. The molecule has 170 valence electrons. The van der Waals surface area contributed by atoms with Crippen LogP contribution in [0.5, 0.6) is 11.5 Å². The second-order valence-electron chi connectivity index (χ2n) is 7.65. The molecule has 3 rings (SSSR count). The molecule has 1 aliphatic heterocycles. The van der Waals surface area contributed by atoms with Crippen LogP contribution in [-0.2, 0) is 0 Å². The van der Waals surface area contributed by atoms with Crippen LogP contribution in [-0.4, -0.2) is 81.8 Å². The molecule has 8 heteroatoms. The second-order valence-corrected chi connectivity index (χ2v) is 7.65. The fourth-order valence-corrected chi connectivity index (χ4v) is 3.86. The highest BCUT2D eigenvalue weighted by Crippen LogP contribution is 2.27. The molecule has 1 unspecified atom stereocenters. The summed E-state index contributed by atoms with van der Waals surface area (Å²) in [5.74, 6) is 2.10. The van der Waals surface area contributed by atoms with Crippen LogP contribution in [0.4, 0.5) is 5.69 Å². The Labute approximate surface area is 202 Å². The Morgan fingerprint density at radius 3 is 2.45 bits per heavy atom. The van der Waals surface area contributed by atoms with Gasteiger partial charge in [-0.3, -0.25) is 4.99 Å². The Morgan fingerprint density at radius 2 is 1.84 bits per heavy atom. The first-order valence-corrected chi connectivity index (χ1v) is 10.3. The molecule has 1 heterocycles. The number of nitrogens with one attached hydrogen (secondary N) is 1. The Morgan fingerprint density at radius 1 is 1.13 bits per heavy atom. The summed E-state index contributed by atoms with van der Waals surface area (Å²) in [5.41, 5.74) is 2.09. The number of hydrogen-bond donors (Lipinski definition) is 2. The lowest BCUT2D eigenvalue weighted by Crippen LogP contribution is -2.53. The SMILES string of the molecule is CN=C(NCC(c1cccc(OC)c1)N(C)C)N1CCN(c2ccccc2O)CC1.I. The number of piperazine rings is 1. The highest BCUT2D eigenvalue weighted by atomic mass is 127. The fourth-order valence-electron chi connectivity index (χ4n) is 3.86. The first-order chi connectivity index (χ1) is 14.5. The van der Waals surface area contributed by atoms with E-state index >= 15 is 0 Å². The molecule has 0 spiro atoms. The normalized spacial score (nSPS) is 15.5. The third-order valence-corrected chi connectivity index (χ3v) is 5.57. The van der Waals surface area contributed by atoms with Gasteiger partial charge in [0, 0.05) is 39.8 Å². The minimum absolute atomic E-state index is 0. The number of guanidine groups is 1. The van der Waals surface area contributed by atoms with Gasteiger partial charge < -0.3 is 29.9 Å². The molecule has 2 N–H and O–H groups in total. The lowest BCUT2D eigenvalue weighted by Gasteiger charge is -2.38. The molecule has 2 aromatic carbocycles. The monoisotopic (exact) mass is 539 g/mol. The number of halogens is 1. The first kappa shape index (κ1) is 25.1. The largest absolute Gasteiger partial charge is 0.506 e. The van der Waals surface area contributed by atoms with Crippen LogP contribution in [0, 0.1) is 0 Å². The van der Waals surface area contributed by atoms with E-state index in [0.29, 0.717) is 5.75 Å². The minimum atomic E-state index is 0. The van der Waals surface area contributed by atoms with Gasteiger partial charge in [-0.1, -0.05) is 24.3 Å². The summed E-state index contributed by atoms with van der Waals surface area (Å²) in [5, 5.41) is 13.7. The van der Waals surface area contributed by atoms with E-state index in [1.54, 1.807) is 13.2 Å². The van der Waals surface area contributed by atoms with Gasteiger partial charge >= 0.3 is 0 Å². The quantitative estimate of drug-likeness (QED) is 0.335. The van der Waals surface area contributed by atoms with E-state index in [-0.39, 0.29) is 30.0 Å². The molecule has 2 aromatic rings. The van der Waals surface area contributed by atoms with Gasteiger partial charge in [-0.05, 0) is 43.9 Å². The van der Waals surface area contributed by atoms with E-state index in [4.69, 9.17) is 4.74 Å². The van der Waals surface area contributed by atoms with Crippen molar-refractivity contribution in [2.75, 3.05) is 65.9 Å². The Balaban J connectivity index is 0.00000341. The lowest BCUT2D eigenvalue weighted by molar-refractivity contribution is 0.291. The summed E-state index contributed by atoms with van der Waals surface area (Å²) in [4.78, 5) is 11.2. The summed E-state index contributed by atoms with van der Waals surface area (Å²) in [6, 6.07) is 15.9. The molecule has 1 aliphatic rings. The summed E-state index contributed by atoms with van der Waals surface area (Å²) < 4.78 is 5.39. The highest BCUT2D eigenvalue weighted by Gasteiger charge is 2.22. The Hall–Kier alpha value is -2.20. The van der Waals surface area contributed by atoms with Gasteiger partial charge in [0.25, 0.3) is 0 Å². The molecule has 0 amide bonds. The zero-order valence-electron chi connectivity index (χ0n) is 18.8. The number of phenolic OH excluding ortho intramolecular Hbond substituents is 1. The number of likely N-dealkylation sites (N-methyl/N-ethyl adjacent to an activating group) is 1. The Bertz CT molecular complexity index is 853. The van der Waals surface area contributed by atoms with Gasteiger partial charge in [0.2, 0.25) is 0 Å². The van der Waals surface area contributed by atoms with E-state index in [1.165, 1.54) is 5.56 Å². The van der Waals surface area contributed by atoms with Crippen molar-refractivity contribution in [2.24, 2.45) is 4.99 Å². The van der Waals surface area contributed by atoms with Crippen molar-refractivity contribution in [3.63, 3.8) is 0 Å². The third-order valence-electron chi connectivity index (χ3n) is 5.57. The molecule has 7 nitrogen and oxygen atoms in total. The Kier molecular flexibility index (Phi) is 9.70. The van der Waals surface area contributed by atoms with Crippen LogP contribution in [0.3, 0.4) is 0 Å². The number of hydrogen-bond acceptors (Lipinski definition) is 5. The molecular formula is C23H34IN5O2. The van der Waals surface area contributed by atoms with Crippen LogP contribution in [0.25, 0.3) is 0 Å². The zero-order valence-corrected chi connectivity index (χ0v) is 21.1. The van der Waals surface area contributed by atoms with Crippen LogP contribution < -0.4 is 15.0 Å². The van der Waals surface area contributed by atoms with E-state index in [0.717, 1.165) is 50.1 Å². The lowest BCUT2D eigenvalue weighted by atomic mass is 10.1. The number of ether oxygens (including phenoxy) is 1. The summed E-state index contributed by atoms with van der Waals surface area (Å²) in [6.45, 7) is 4.11. The number of benzene rings is 2. The van der Waals surface area contributed by atoms with Gasteiger partial charge in [0.15, 0.2) is 5.96 Å². The smallest absolute Gasteiger partial charge is 0.193 e. The number of methoxy groups -OCH3 is 1. The van der Waals surface area contributed by atoms with Crippen molar-refractivity contribution < 1.29 is 9.84 Å². The number of aromatic hydroxyl groups is 1. The fraction of sp³-hybridized carbons (Fsp3) is 0.435. The van der Waals surface area contributed by atoms with Crippen molar-refractivity contribution in [3.8, 4) is 11.5 Å². The molecule has 0 saturated carbocycles. The highest BCUT2D eigenvalue weighted by molar-refractivity contribution is 14.0. The van der Waals surface area contributed by atoms with E-state index in [1.807, 2.05) is 37.4 Å². The molecule has 0 radical (unpaired) electrons. The molecule has 31 heavy (non-hydrogen) atoms. The van der Waals surface area contributed by atoms with E-state index < -0.39 is 0 Å². The van der Waals surface area contributed by atoms with Crippen LogP contribution in [0.2, 0.25) is 0 Å². The van der Waals surface area contributed by atoms with Crippen molar-refractivity contribution in [3.05, 3.63) is 54.1 Å². The summed E-state index contributed by atoms with van der Waals surface area (Å²) in [6.07, 6.45) is 0. The number of phenols is 1. The van der Waals surface area contributed by atoms with Gasteiger partial charge in [-0.2, -0.15) is 0 Å². The molecular weight excluding hydrogens is 505 g/mol. The average Bonchev–Trinajstić information content (AvgIpc) is 2.77. The number of anilines is 1. The van der Waals surface area contributed by atoms with Gasteiger partial charge in [0.05, 0.1) is 18.8 Å². The predicted octanol–water partition coefficient (Wildman–Crippen LogP) is 3.02. The number of rotatable bonds is 6. The zero-order chi connectivity index (χ0) is 21.5. The van der Waals surface area contributed by atoms with E-state index in [2.05, 4.69) is 51.2 Å². The number of aliphatic imine (C=N–C) groups is 1. The van der Waals surface area contributed by atoms with Crippen molar-refractivity contribution in [1.82, 2.24) is 15.1 Å². The maximum Gasteiger partial charge on any atom is 0.193 e. The van der Waals surface area contributed by atoms with Gasteiger partial charge in [-0.15, -0.1) is 24.0 Å². The second kappa shape index (κ2) is 12.0. The van der Waals surface area contributed by atoms with Gasteiger partial charge in [0.1, 0.15) is 11.5 Å². The van der Waals surface area contributed by atoms with Crippen molar-refractivity contribution in [2.45, 2.75) is 6.04 Å². The predicted molar refractivity (Wildman–Crippen MR) is 138 cm³/mol. The average molecular weight is 539 g/mol. The molecule has 0 aromatic heterocycles. The first-order valence-electron chi connectivity index (χ1n) is 10.3. The minimum Gasteiger partial charge on any atom is -0.506 e. The maximum absolute atomic E-state index is 10.1. The molecule has 1 atom stereocenters. The number of para-hydroxylation sites is 2. The van der Waals surface area contributed by atoms with Crippen LogP contribution in [0.1, 0.15) is 11.6 Å². The molecule has 0 bridgehead atoms. The summed E-state index contributed by atoms with van der Waals surface area (Å²) in [7, 11) is 7.69. The summed E-state index contributed by atoms with van der Waals surface area (Å²) >= 11 is 0. The van der Waals surface area contributed by atoms with Crippen LogP contribution in [0.15, 0.2) is 53.5 Å². The van der Waals surface area contributed by atoms with Crippen molar-refractivity contribution >= 4 is 35.6 Å². The molecule has 1 saturated heterocycles. The maximum atomic E-state index is 10.1. The van der Waals surface area contributed by atoms with E-state index in [9.17, 15) is 5.11 Å². The topological polar surface area (TPSA) is 63.6 Å². The number of nitrogens with zero attached hydrogens (tertiary/aromatic N) is 4. The van der Waals surface area contributed by atoms with Crippen LogP contribution >= 0.6 is 24.0 Å². The van der Waals surface area contributed by atoms with Gasteiger partial charge in [-0.25, -0.2) is 0 Å². The third kappa shape index (κ3) is 6.39. The standard InChI is InChI=1S/C23H33N5O2.HI/c1-24-23(25-17-21(26(2)3)18-8-7-9-19(16-18)30-4)28-14-12-27(13-15-28)20-10-5-6-11-22(20)29;/h5-11,16,21,29H,12-15,17H2,1-4H3,(H,24,25);1H. The van der Waals surface area contributed by atoms with Crippen molar-refractivity contribution in [1.29, 1.82) is 0 Å².